The van der Waals surface area contributed by atoms with Crippen molar-refractivity contribution in [1.29, 1.82) is 0 Å². The van der Waals surface area contributed by atoms with Crippen molar-refractivity contribution in [2.75, 3.05) is 7.11 Å². The molecule has 0 aromatic heterocycles. The quantitative estimate of drug-likeness (QED) is 0.471. The second kappa shape index (κ2) is 13.7. The van der Waals surface area contributed by atoms with Crippen LogP contribution in [0, 0.1) is 0 Å². The third kappa shape index (κ3) is 11.6. The van der Waals surface area contributed by atoms with Crippen LogP contribution in [0.3, 0.4) is 0 Å². The Kier molecular flexibility index (Phi) is 13.8. The van der Waals surface area contributed by atoms with Crippen molar-refractivity contribution in [2.45, 2.75) is 34.3 Å². The number of allylic oxidation sites excluding steroid dienone is 2. The molecule has 2 heteroatoms. The van der Waals surface area contributed by atoms with E-state index in [4.69, 9.17) is 9.47 Å². The highest BCUT2D eigenvalue weighted by Gasteiger charge is 1.95. The van der Waals surface area contributed by atoms with Crippen LogP contribution in [0.1, 0.15) is 33.3 Å². The number of ether oxygens (including phenoxy) is 2. The molecule has 0 unspecified atom stereocenters. The maximum atomic E-state index is 5.40. The fourth-order valence-corrected chi connectivity index (χ4v) is 1.04. The minimum Gasteiger partial charge on any atom is -0.497 e. The first-order valence-electron chi connectivity index (χ1n) is 7.28. The molecule has 0 saturated carbocycles. The van der Waals surface area contributed by atoms with Crippen LogP contribution in [0.2, 0.25) is 0 Å². The SMILES string of the molecule is C=C(C)C(=C)OC.C=C(C)C(=C)OCc1ccccc1.CC. The third-order valence-corrected chi connectivity index (χ3v) is 2.45. The average Bonchev–Trinajstić information content (AvgIpc) is 2.55. The van der Waals surface area contributed by atoms with E-state index in [1.165, 1.54) is 0 Å². The zero-order valence-electron chi connectivity index (χ0n) is 14.7. The van der Waals surface area contributed by atoms with Crippen LogP contribution < -0.4 is 0 Å². The number of hydrogen-bond acceptors (Lipinski definition) is 2. The van der Waals surface area contributed by atoms with Gasteiger partial charge in [0.25, 0.3) is 0 Å². The number of rotatable bonds is 6. The zero-order valence-corrected chi connectivity index (χ0v) is 14.7. The zero-order chi connectivity index (χ0) is 17.5. The van der Waals surface area contributed by atoms with Gasteiger partial charge in [0.05, 0.1) is 7.11 Å². The van der Waals surface area contributed by atoms with E-state index in [2.05, 4.69) is 26.3 Å². The summed E-state index contributed by atoms with van der Waals surface area (Å²) in [5.74, 6) is 1.31. The van der Waals surface area contributed by atoms with Gasteiger partial charge in [-0.25, -0.2) is 0 Å². The Morgan fingerprint density at radius 3 is 1.64 bits per heavy atom. The molecule has 0 N–H and O–H groups in total. The maximum Gasteiger partial charge on any atom is 0.114 e. The molecular formula is C20H30O2. The minimum absolute atomic E-state index is 0.562. The lowest BCUT2D eigenvalue weighted by Gasteiger charge is -2.07. The Balaban J connectivity index is 0. The number of methoxy groups -OCH3 is 1. The molecule has 2 nitrogen and oxygen atoms in total. The summed E-state index contributed by atoms with van der Waals surface area (Å²) in [6.45, 7) is 22.9. The highest BCUT2D eigenvalue weighted by atomic mass is 16.5. The highest BCUT2D eigenvalue weighted by molar-refractivity contribution is 5.18. The molecule has 0 atom stereocenters. The summed E-state index contributed by atoms with van der Waals surface area (Å²) in [5, 5.41) is 0. The molecule has 0 amide bonds. The van der Waals surface area contributed by atoms with Crippen molar-refractivity contribution in [3.8, 4) is 0 Å². The van der Waals surface area contributed by atoms with Crippen LogP contribution in [0.4, 0.5) is 0 Å². The van der Waals surface area contributed by atoms with Crippen LogP contribution in [0.5, 0.6) is 0 Å². The van der Waals surface area contributed by atoms with Gasteiger partial charge < -0.3 is 9.47 Å². The van der Waals surface area contributed by atoms with Gasteiger partial charge >= 0.3 is 0 Å². The Morgan fingerprint density at radius 2 is 1.32 bits per heavy atom. The Hall–Kier alpha value is -2.22. The van der Waals surface area contributed by atoms with Gasteiger partial charge in [0.1, 0.15) is 18.1 Å². The second-order valence-corrected chi connectivity index (χ2v) is 4.39. The highest BCUT2D eigenvalue weighted by Crippen LogP contribution is 2.09. The van der Waals surface area contributed by atoms with Gasteiger partial charge in [0.2, 0.25) is 0 Å². The monoisotopic (exact) mass is 302 g/mol. The first-order valence-corrected chi connectivity index (χ1v) is 7.28. The van der Waals surface area contributed by atoms with Crippen molar-refractivity contribution in [3.05, 3.63) is 84.9 Å². The van der Waals surface area contributed by atoms with Crippen LogP contribution >= 0.6 is 0 Å². The molecule has 0 bridgehead atoms. The fourth-order valence-electron chi connectivity index (χ4n) is 1.04. The molecule has 0 aliphatic rings. The van der Waals surface area contributed by atoms with Gasteiger partial charge in [-0.15, -0.1) is 0 Å². The number of hydrogen-bond donors (Lipinski definition) is 0. The lowest BCUT2D eigenvalue weighted by molar-refractivity contribution is 0.208. The molecule has 0 fully saturated rings. The molecule has 1 aromatic carbocycles. The first-order chi connectivity index (χ1) is 10.4. The molecule has 0 radical (unpaired) electrons. The molecule has 0 aliphatic carbocycles. The van der Waals surface area contributed by atoms with E-state index in [1.807, 2.05) is 58.0 Å². The molecular weight excluding hydrogens is 272 g/mol. The molecule has 0 spiro atoms. The molecule has 0 heterocycles. The summed E-state index contributed by atoms with van der Waals surface area (Å²) in [6.07, 6.45) is 0. The summed E-state index contributed by atoms with van der Waals surface area (Å²) >= 11 is 0. The molecule has 1 rings (SSSR count). The average molecular weight is 302 g/mol. The van der Waals surface area contributed by atoms with E-state index < -0.39 is 0 Å². The molecule has 122 valence electrons. The van der Waals surface area contributed by atoms with Crippen molar-refractivity contribution in [3.63, 3.8) is 0 Å². The lowest BCUT2D eigenvalue weighted by Crippen LogP contribution is -1.92. The van der Waals surface area contributed by atoms with Gasteiger partial charge in [-0.2, -0.15) is 0 Å². The van der Waals surface area contributed by atoms with E-state index >= 15 is 0 Å². The Labute approximate surface area is 136 Å². The van der Waals surface area contributed by atoms with E-state index in [1.54, 1.807) is 7.11 Å². The molecule has 1 aromatic rings. The number of benzene rings is 1. The lowest BCUT2D eigenvalue weighted by atomic mass is 10.2. The summed E-state index contributed by atoms with van der Waals surface area (Å²) in [6, 6.07) is 10.00. The van der Waals surface area contributed by atoms with Crippen molar-refractivity contribution in [1.82, 2.24) is 0 Å². The van der Waals surface area contributed by atoms with Crippen LogP contribution in [-0.4, -0.2) is 7.11 Å². The van der Waals surface area contributed by atoms with Gasteiger partial charge in [-0.05, 0) is 30.6 Å². The van der Waals surface area contributed by atoms with Gasteiger partial charge in [-0.3, -0.25) is 0 Å². The molecule has 22 heavy (non-hydrogen) atoms. The van der Waals surface area contributed by atoms with Crippen LogP contribution in [0.15, 0.2) is 79.3 Å². The molecule has 0 saturated heterocycles. The summed E-state index contributed by atoms with van der Waals surface area (Å²) in [4.78, 5) is 0. The maximum absolute atomic E-state index is 5.40. The minimum atomic E-state index is 0.562. The van der Waals surface area contributed by atoms with Crippen LogP contribution in [0.25, 0.3) is 0 Å². The third-order valence-electron chi connectivity index (χ3n) is 2.45. The topological polar surface area (TPSA) is 18.5 Å². The van der Waals surface area contributed by atoms with E-state index in [0.717, 1.165) is 16.7 Å². The predicted molar refractivity (Wildman–Crippen MR) is 97.5 cm³/mol. The standard InChI is InChI=1S/C12H14O.C6H10O.C2H6/c1-10(2)11(3)13-9-12-7-5-4-6-8-12;1-5(2)6(3)7-4;1-2/h4-8H,1,3,9H2,2H3;1,3H2,2,4H3;1-2H3. The van der Waals surface area contributed by atoms with Gasteiger partial charge in [0, 0.05) is 0 Å². The Morgan fingerprint density at radius 1 is 0.864 bits per heavy atom. The first kappa shape index (κ1) is 22.1. The summed E-state index contributed by atoms with van der Waals surface area (Å²) < 4.78 is 10.1. The summed E-state index contributed by atoms with van der Waals surface area (Å²) in [5.41, 5.74) is 2.89. The van der Waals surface area contributed by atoms with E-state index in [-0.39, 0.29) is 0 Å². The Bertz CT molecular complexity index is 470. The van der Waals surface area contributed by atoms with Gasteiger partial charge in [0.15, 0.2) is 0 Å². The van der Waals surface area contributed by atoms with E-state index in [0.29, 0.717) is 18.1 Å². The van der Waals surface area contributed by atoms with Crippen LogP contribution in [-0.2, 0) is 16.1 Å². The van der Waals surface area contributed by atoms with Crippen molar-refractivity contribution >= 4 is 0 Å². The van der Waals surface area contributed by atoms with Crippen molar-refractivity contribution in [2.24, 2.45) is 0 Å². The van der Waals surface area contributed by atoms with Gasteiger partial charge in [-0.1, -0.05) is 70.5 Å². The smallest absolute Gasteiger partial charge is 0.114 e. The largest absolute Gasteiger partial charge is 0.497 e. The summed E-state index contributed by atoms with van der Waals surface area (Å²) in [7, 11) is 1.58. The second-order valence-electron chi connectivity index (χ2n) is 4.39. The normalized spacial score (nSPS) is 8.23. The fraction of sp³-hybridized carbons (Fsp3) is 0.300. The molecule has 0 aliphatic heterocycles. The predicted octanol–water partition coefficient (Wildman–Crippen LogP) is 6.04. The van der Waals surface area contributed by atoms with Crippen molar-refractivity contribution < 1.29 is 9.47 Å². The van der Waals surface area contributed by atoms with E-state index in [9.17, 15) is 0 Å².